The molecular weight excluding hydrogens is 265 g/mol. The van der Waals surface area contributed by atoms with Crippen molar-refractivity contribution < 1.29 is 23.8 Å². The molecule has 1 heterocycles. The van der Waals surface area contributed by atoms with Gasteiger partial charge in [-0.05, 0) is 24.1 Å². The Balaban J connectivity index is 1.98. The Labute approximate surface area is 115 Å². The maximum atomic E-state index is 12.8. The number of carboxylic acid groups (broad SMARTS) is 1. The van der Waals surface area contributed by atoms with Crippen LogP contribution in [0.5, 0.6) is 0 Å². The Bertz CT molecular complexity index is 482. The zero-order valence-electron chi connectivity index (χ0n) is 10.8. The highest BCUT2D eigenvalue weighted by atomic mass is 19.1. The number of ether oxygens (including phenoxy) is 1. The third-order valence-electron chi connectivity index (χ3n) is 3.27. The van der Waals surface area contributed by atoms with Crippen LogP contribution < -0.4 is 5.32 Å². The zero-order chi connectivity index (χ0) is 14.5. The van der Waals surface area contributed by atoms with Crippen molar-refractivity contribution in [3.05, 3.63) is 35.6 Å². The van der Waals surface area contributed by atoms with E-state index in [1.54, 1.807) is 0 Å². The molecule has 1 aliphatic heterocycles. The minimum Gasteiger partial charge on any atom is -0.480 e. The smallest absolute Gasteiger partial charge is 0.326 e. The van der Waals surface area contributed by atoms with Crippen LogP contribution in [0.4, 0.5) is 4.39 Å². The van der Waals surface area contributed by atoms with Crippen LogP contribution in [0.2, 0.25) is 0 Å². The second kappa shape index (κ2) is 6.47. The Morgan fingerprint density at radius 1 is 1.40 bits per heavy atom. The molecule has 0 bridgehead atoms. The Kier molecular flexibility index (Phi) is 4.68. The van der Waals surface area contributed by atoms with Gasteiger partial charge in [0.05, 0.1) is 12.5 Å². The second-order valence-corrected chi connectivity index (χ2v) is 4.79. The lowest BCUT2D eigenvalue weighted by Crippen LogP contribution is -2.45. The summed E-state index contributed by atoms with van der Waals surface area (Å²) < 4.78 is 17.9. The molecule has 108 valence electrons. The van der Waals surface area contributed by atoms with Gasteiger partial charge in [0.2, 0.25) is 5.91 Å². The molecule has 6 heteroatoms. The number of aliphatic carboxylic acids is 1. The Morgan fingerprint density at radius 2 is 2.10 bits per heavy atom. The van der Waals surface area contributed by atoms with Crippen LogP contribution in [-0.2, 0) is 20.7 Å². The topological polar surface area (TPSA) is 75.6 Å². The summed E-state index contributed by atoms with van der Waals surface area (Å²) >= 11 is 0. The Morgan fingerprint density at radius 3 is 2.65 bits per heavy atom. The molecule has 5 nitrogen and oxygen atoms in total. The van der Waals surface area contributed by atoms with Crippen LogP contribution in [0.1, 0.15) is 12.0 Å². The molecule has 2 atom stereocenters. The number of amides is 1. The number of carbonyl (C=O) groups is 2. The number of nitrogens with one attached hydrogen (secondary N) is 1. The first kappa shape index (κ1) is 14.5. The van der Waals surface area contributed by atoms with E-state index >= 15 is 0 Å². The van der Waals surface area contributed by atoms with Crippen molar-refractivity contribution in [3.63, 3.8) is 0 Å². The first-order chi connectivity index (χ1) is 9.56. The van der Waals surface area contributed by atoms with Gasteiger partial charge in [0.15, 0.2) is 0 Å². The minimum absolute atomic E-state index is 0.120. The van der Waals surface area contributed by atoms with Crippen molar-refractivity contribution in [2.24, 2.45) is 5.92 Å². The molecule has 2 rings (SSSR count). The van der Waals surface area contributed by atoms with Gasteiger partial charge in [-0.15, -0.1) is 0 Å². The molecule has 1 aromatic rings. The molecule has 0 aromatic heterocycles. The molecule has 2 N–H and O–H groups in total. The number of hydrogen-bond donors (Lipinski definition) is 2. The summed E-state index contributed by atoms with van der Waals surface area (Å²) in [5.74, 6) is -2.09. The fourth-order valence-corrected chi connectivity index (χ4v) is 2.09. The van der Waals surface area contributed by atoms with Gasteiger partial charge in [0.25, 0.3) is 0 Å². The molecule has 1 amide bonds. The molecule has 0 spiro atoms. The monoisotopic (exact) mass is 281 g/mol. The Hall–Kier alpha value is -1.95. The van der Waals surface area contributed by atoms with Crippen molar-refractivity contribution in [2.45, 2.75) is 18.9 Å². The fraction of sp³-hybridized carbons (Fsp3) is 0.429. The maximum Gasteiger partial charge on any atom is 0.326 e. The van der Waals surface area contributed by atoms with E-state index in [2.05, 4.69) is 5.32 Å². The van der Waals surface area contributed by atoms with Crippen molar-refractivity contribution >= 4 is 11.9 Å². The van der Waals surface area contributed by atoms with Crippen LogP contribution >= 0.6 is 0 Å². The molecule has 1 fully saturated rings. The number of benzene rings is 1. The zero-order valence-corrected chi connectivity index (χ0v) is 10.8. The van der Waals surface area contributed by atoms with Crippen LogP contribution in [0.15, 0.2) is 24.3 Å². The fourth-order valence-electron chi connectivity index (χ4n) is 2.09. The van der Waals surface area contributed by atoms with Gasteiger partial charge >= 0.3 is 5.97 Å². The van der Waals surface area contributed by atoms with Gasteiger partial charge in [0, 0.05) is 13.0 Å². The van der Waals surface area contributed by atoms with Crippen LogP contribution in [0.3, 0.4) is 0 Å². The van der Waals surface area contributed by atoms with E-state index in [4.69, 9.17) is 9.84 Å². The van der Waals surface area contributed by atoms with Crippen LogP contribution in [0.25, 0.3) is 0 Å². The standard InChI is InChI=1S/C14H16FNO4/c15-11-3-1-9(2-4-11)7-12(14(18)19)16-13(17)10-5-6-20-8-10/h1-4,10,12H,5-8H2,(H,16,17)(H,18,19)/t10-,12-/m1/s1. The van der Waals surface area contributed by atoms with E-state index < -0.39 is 12.0 Å². The molecule has 0 saturated carbocycles. The average molecular weight is 281 g/mol. The number of carbonyl (C=O) groups excluding carboxylic acids is 1. The predicted molar refractivity (Wildman–Crippen MR) is 68.6 cm³/mol. The normalized spacial score (nSPS) is 19.6. The van der Waals surface area contributed by atoms with Gasteiger partial charge in [-0.3, -0.25) is 4.79 Å². The SMILES string of the molecule is O=C(N[C@H](Cc1ccc(F)cc1)C(=O)O)[C@@H]1CCOC1. The number of rotatable bonds is 5. The van der Waals surface area contributed by atoms with Crippen LogP contribution in [0, 0.1) is 11.7 Å². The second-order valence-electron chi connectivity index (χ2n) is 4.79. The minimum atomic E-state index is -1.11. The highest BCUT2D eigenvalue weighted by molar-refractivity contribution is 5.85. The molecular formula is C14H16FNO4. The molecule has 20 heavy (non-hydrogen) atoms. The summed E-state index contributed by atoms with van der Waals surface area (Å²) in [5, 5.41) is 11.7. The average Bonchev–Trinajstić information content (AvgIpc) is 2.94. The lowest BCUT2D eigenvalue weighted by molar-refractivity contribution is -0.142. The molecule has 0 aliphatic carbocycles. The number of carboxylic acids is 1. The predicted octanol–water partition coefficient (Wildman–Crippen LogP) is 0.974. The van der Waals surface area contributed by atoms with Gasteiger partial charge in [0.1, 0.15) is 11.9 Å². The van der Waals surface area contributed by atoms with E-state index in [1.165, 1.54) is 24.3 Å². The summed E-state index contributed by atoms with van der Waals surface area (Å²) in [4.78, 5) is 23.1. The molecule has 0 radical (unpaired) electrons. The largest absolute Gasteiger partial charge is 0.480 e. The van der Waals surface area contributed by atoms with Crippen LogP contribution in [-0.4, -0.2) is 36.2 Å². The van der Waals surface area contributed by atoms with E-state index in [-0.39, 0.29) is 24.1 Å². The first-order valence-corrected chi connectivity index (χ1v) is 6.41. The number of halogens is 1. The molecule has 1 saturated heterocycles. The lowest BCUT2D eigenvalue weighted by atomic mass is 10.0. The van der Waals surface area contributed by atoms with E-state index in [9.17, 15) is 14.0 Å². The summed E-state index contributed by atoms with van der Waals surface area (Å²) in [6, 6.07) is 4.53. The summed E-state index contributed by atoms with van der Waals surface area (Å²) in [5.41, 5.74) is 0.654. The highest BCUT2D eigenvalue weighted by Crippen LogP contribution is 2.13. The number of hydrogen-bond acceptors (Lipinski definition) is 3. The summed E-state index contributed by atoms with van der Waals surface area (Å²) in [6.07, 6.45) is 0.726. The highest BCUT2D eigenvalue weighted by Gasteiger charge is 2.28. The quantitative estimate of drug-likeness (QED) is 0.843. The van der Waals surface area contributed by atoms with Gasteiger partial charge in [-0.25, -0.2) is 9.18 Å². The van der Waals surface area contributed by atoms with Crippen molar-refractivity contribution in [1.29, 1.82) is 0 Å². The van der Waals surface area contributed by atoms with E-state index in [1.807, 2.05) is 0 Å². The van der Waals surface area contributed by atoms with Crippen molar-refractivity contribution in [2.75, 3.05) is 13.2 Å². The molecule has 1 aliphatic rings. The van der Waals surface area contributed by atoms with E-state index in [0.29, 0.717) is 25.2 Å². The molecule has 0 unspecified atom stereocenters. The first-order valence-electron chi connectivity index (χ1n) is 6.41. The van der Waals surface area contributed by atoms with E-state index in [0.717, 1.165) is 0 Å². The maximum absolute atomic E-state index is 12.8. The lowest BCUT2D eigenvalue weighted by Gasteiger charge is -2.16. The summed E-state index contributed by atoms with van der Waals surface area (Å²) in [6.45, 7) is 0.850. The van der Waals surface area contributed by atoms with Gasteiger partial charge < -0.3 is 15.2 Å². The van der Waals surface area contributed by atoms with Crippen molar-refractivity contribution in [3.8, 4) is 0 Å². The third kappa shape index (κ3) is 3.77. The summed E-state index contributed by atoms with van der Waals surface area (Å²) in [7, 11) is 0. The van der Waals surface area contributed by atoms with Crippen molar-refractivity contribution in [1.82, 2.24) is 5.32 Å². The molecule has 1 aromatic carbocycles. The third-order valence-corrected chi connectivity index (χ3v) is 3.27. The van der Waals surface area contributed by atoms with Gasteiger partial charge in [-0.2, -0.15) is 0 Å². The van der Waals surface area contributed by atoms with Gasteiger partial charge in [-0.1, -0.05) is 12.1 Å².